The van der Waals surface area contributed by atoms with E-state index in [1.165, 1.54) is 23.5 Å². The average Bonchev–Trinajstić information content (AvgIpc) is 3.17. The summed E-state index contributed by atoms with van der Waals surface area (Å²) in [4.78, 5) is 36.4. The second-order valence-corrected chi connectivity index (χ2v) is 9.89. The van der Waals surface area contributed by atoms with Crippen LogP contribution in [0.5, 0.6) is 0 Å². The van der Waals surface area contributed by atoms with Crippen LogP contribution < -0.4 is 11.1 Å². The largest absolute Gasteiger partial charge is 0.375 e. The summed E-state index contributed by atoms with van der Waals surface area (Å²) in [5.74, 6) is -0.343. The van der Waals surface area contributed by atoms with Gasteiger partial charge in [0.05, 0.1) is 16.5 Å². The lowest BCUT2D eigenvalue weighted by molar-refractivity contribution is 0.0685. The molecule has 1 saturated heterocycles. The number of nitrogens with two attached hydrogens (primary N) is 1. The third-order valence-corrected chi connectivity index (χ3v) is 7.64. The molecule has 2 aromatic heterocycles. The van der Waals surface area contributed by atoms with Crippen molar-refractivity contribution in [2.45, 2.75) is 24.9 Å². The molecule has 1 aliphatic carbocycles. The molecule has 7 nitrogen and oxygen atoms in total. The van der Waals surface area contributed by atoms with Crippen molar-refractivity contribution in [2.75, 3.05) is 12.3 Å². The number of piperidine rings is 1. The number of fused-ring (bicyclic) bond motifs is 2. The van der Waals surface area contributed by atoms with Gasteiger partial charge in [0, 0.05) is 29.7 Å². The van der Waals surface area contributed by atoms with Gasteiger partial charge in [-0.2, -0.15) is 0 Å². The monoisotopic (exact) mass is 475 g/mol. The van der Waals surface area contributed by atoms with Crippen molar-refractivity contribution in [3.63, 3.8) is 0 Å². The molecule has 4 N–H and O–H groups in total. The van der Waals surface area contributed by atoms with E-state index in [2.05, 4.69) is 15.3 Å². The molecular formula is C25H22FN5O2S. The molecule has 1 saturated carbocycles. The lowest BCUT2D eigenvalue weighted by Gasteiger charge is -2.27. The maximum absolute atomic E-state index is 13.8. The van der Waals surface area contributed by atoms with E-state index in [1.807, 2.05) is 29.2 Å². The number of rotatable bonds is 5. The maximum Gasteiger partial charge on any atom is 0.274 e. The molecule has 2 unspecified atom stereocenters. The highest BCUT2D eigenvalue weighted by atomic mass is 32.1. The number of hydrogen-bond acceptors (Lipinski definition) is 5. The molecule has 2 aromatic carbocycles. The summed E-state index contributed by atoms with van der Waals surface area (Å²) in [6.07, 6.45) is 3.49. The van der Waals surface area contributed by atoms with Crippen LogP contribution in [0.1, 0.15) is 33.7 Å². The summed E-state index contributed by atoms with van der Waals surface area (Å²) < 4.78 is 13.8. The highest BCUT2D eigenvalue weighted by Crippen LogP contribution is 2.49. The Labute approximate surface area is 198 Å². The van der Waals surface area contributed by atoms with Crippen LogP contribution in [0.25, 0.3) is 21.3 Å². The van der Waals surface area contributed by atoms with Crippen LogP contribution in [0.4, 0.5) is 9.52 Å². The van der Waals surface area contributed by atoms with E-state index in [1.54, 1.807) is 18.3 Å². The fourth-order valence-electron chi connectivity index (χ4n) is 5.05. The van der Waals surface area contributed by atoms with Gasteiger partial charge in [0.15, 0.2) is 5.13 Å². The fourth-order valence-corrected chi connectivity index (χ4v) is 5.87. The van der Waals surface area contributed by atoms with Gasteiger partial charge in [-0.3, -0.25) is 9.59 Å². The van der Waals surface area contributed by atoms with Gasteiger partial charge in [-0.15, -0.1) is 0 Å². The van der Waals surface area contributed by atoms with Crippen molar-refractivity contribution in [3.8, 4) is 10.4 Å². The van der Waals surface area contributed by atoms with Crippen LogP contribution in [0.3, 0.4) is 0 Å². The summed E-state index contributed by atoms with van der Waals surface area (Å²) in [5, 5.41) is 4.13. The fraction of sp³-hybridized carbons (Fsp3) is 0.240. The number of nitrogens with one attached hydrogen (secondary N) is 2. The summed E-state index contributed by atoms with van der Waals surface area (Å²) in [6, 6.07) is 13.7. The van der Waals surface area contributed by atoms with Crippen LogP contribution in [0.15, 0.2) is 54.7 Å². The zero-order valence-electron chi connectivity index (χ0n) is 18.1. The molecule has 3 heterocycles. The van der Waals surface area contributed by atoms with Crippen LogP contribution in [-0.2, 0) is 0 Å². The van der Waals surface area contributed by atoms with E-state index < -0.39 is 0 Å². The number of nitrogens with zero attached hydrogens (tertiary/aromatic N) is 2. The molecular weight excluding hydrogens is 453 g/mol. The lowest BCUT2D eigenvalue weighted by Crippen LogP contribution is -2.45. The first-order valence-corrected chi connectivity index (χ1v) is 12.0. The Hall–Kier alpha value is -3.72. The number of halogens is 1. The number of amides is 2. The van der Waals surface area contributed by atoms with Gasteiger partial charge in [0.1, 0.15) is 11.5 Å². The molecule has 3 atom stereocenters. The highest BCUT2D eigenvalue weighted by Gasteiger charge is 2.54. The molecule has 0 bridgehead atoms. The van der Waals surface area contributed by atoms with Crippen molar-refractivity contribution in [2.24, 2.45) is 5.92 Å². The first-order chi connectivity index (χ1) is 16.5. The minimum atomic E-state index is -0.385. The van der Waals surface area contributed by atoms with Crippen molar-refractivity contribution in [3.05, 3.63) is 71.8 Å². The smallest absolute Gasteiger partial charge is 0.274 e. The molecule has 0 radical (unpaired) electrons. The van der Waals surface area contributed by atoms with Crippen LogP contribution in [0.2, 0.25) is 0 Å². The SMILES string of the molecule is Nc1nc(C(=O)N2C3CC3C[C@H]2CNC(=O)c2c[nH]c3ccccc23)c(-c2cccc(F)c2)s1. The van der Waals surface area contributed by atoms with E-state index in [4.69, 9.17) is 5.73 Å². The minimum absolute atomic E-state index is 0.131. The quantitative estimate of drug-likeness (QED) is 0.405. The number of H-pyrrole nitrogens is 1. The highest BCUT2D eigenvalue weighted by molar-refractivity contribution is 7.19. The Bertz CT molecular complexity index is 1430. The van der Waals surface area contributed by atoms with Crippen molar-refractivity contribution in [1.82, 2.24) is 20.2 Å². The number of carbonyl (C=O) groups excluding carboxylic acids is 2. The number of carbonyl (C=O) groups is 2. The number of nitrogen functional groups attached to an aromatic ring is 1. The molecule has 2 fully saturated rings. The number of likely N-dealkylation sites (tertiary alicyclic amines) is 1. The van der Waals surface area contributed by atoms with Gasteiger partial charge in [-0.1, -0.05) is 41.7 Å². The van der Waals surface area contributed by atoms with Crippen LogP contribution in [-0.4, -0.2) is 45.3 Å². The van der Waals surface area contributed by atoms with Gasteiger partial charge < -0.3 is 20.9 Å². The lowest BCUT2D eigenvalue weighted by atomic mass is 10.1. The Balaban J connectivity index is 1.23. The molecule has 1 aliphatic heterocycles. The minimum Gasteiger partial charge on any atom is -0.375 e. The van der Waals surface area contributed by atoms with Crippen LogP contribution in [0, 0.1) is 11.7 Å². The zero-order valence-corrected chi connectivity index (χ0v) is 18.9. The predicted octanol–water partition coefficient (Wildman–Crippen LogP) is 4.05. The number of thiazole rings is 1. The van der Waals surface area contributed by atoms with E-state index in [-0.39, 0.29) is 40.5 Å². The molecule has 172 valence electrons. The number of anilines is 1. The number of benzene rings is 2. The number of aromatic nitrogens is 2. The van der Waals surface area contributed by atoms with E-state index >= 15 is 0 Å². The predicted molar refractivity (Wildman–Crippen MR) is 129 cm³/mol. The molecule has 6 rings (SSSR count). The third-order valence-electron chi connectivity index (χ3n) is 6.71. The van der Waals surface area contributed by atoms with Crippen molar-refractivity contribution in [1.29, 1.82) is 0 Å². The molecule has 2 aliphatic rings. The Morgan fingerprint density at radius 2 is 2.06 bits per heavy atom. The Morgan fingerprint density at radius 3 is 2.91 bits per heavy atom. The summed E-state index contributed by atoms with van der Waals surface area (Å²) in [7, 11) is 0. The van der Waals surface area contributed by atoms with Gasteiger partial charge in [-0.05, 0) is 42.5 Å². The number of hydrogen-bond donors (Lipinski definition) is 3. The molecule has 34 heavy (non-hydrogen) atoms. The van der Waals surface area contributed by atoms with Gasteiger partial charge in [0.2, 0.25) is 0 Å². The summed E-state index contributed by atoms with van der Waals surface area (Å²) in [6.45, 7) is 0.353. The van der Waals surface area contributed by atoms with Gasteiger partial charge in [-0.25, -0.2) is 9.37 Å². The van der Waals surface area contributed by atoms with E-state index in [9.17, 15) is 14.0 Å². The average molecular weight is 476 g/mol. The number of aromatic amines is 1. The van der Waals surface area contributed by atoms with Crippen molar-refractivity contribution < 1.29 is 14.0 Å². The summed E-state index contributed by atoms with van der Waals surface area (Å²) in [5.41, 5.74) is 8.25. The molecule has 4 aromatic rings. The van der Waals surface area contributed by atoms with Crippen LogP contribution >= 0.6 is 11.3 Å². The first-order valence-electron chi connectivity index (χ1n) is 11.2. The number of para-hydroxylation sites is 1. The van der Waals surface area contributed by atoms with Crippen molar-refractivity contribution >= 4 is 39.2 Å². The van der Waals surface area contributed by atoms with Gasteiger partial charge >= 0.3 is 0 Å². The molecule has 9 heteroatoms. The zero-order chi connectivity index (χ0) is 23.4. The maximum atomic E-state index is 13.8. The second kappa shape index (κ2) is 7.95. The first kappa shape index (κ1) is 20.9. The normalized spacial score (nSPS) is 21.0. The Kier molecular flexibility index (Phi) is 4.88. The van der Waals surface area contributed by atoms with Gasteiger partial charge in [0.25, 0.3) is 11.8 Å². The summed E-state index contributed by atoms with van der Waals surface area (Å²) >= 11 is 1.18. The topological polar surface area (TPSA) is 104 Å². The third kappa shape index (κ3) is 3.52. The van der Waals surface area contributed by atoms with E-state index in [0.29, 0.717) is 28.5 Å². The second-order valence-electron chi connectivity index (χ2n) is 8.86. The Morgan fingerprint density at radius 1 is 1.21 bits per heavy atom. The standard InChI is InChI=1S/C25H22FN5O2S/c26-15-5-3-4-13(8-15)22-21(30-25(27)34-22)24(33)31-16(9-14-10-20(14)31)11-29-23(32)18-12-28-19-7-2-1-6-17(18)19/h1-8,12,14,16,20,28H,9-11H2,(H2,27,30)(H,29,32)/t14?,16-,20?/m0/s1. The van der Waals surface area contributed by atoms with E-state index in [0.717, 1.165) is 23.7 Å². The molecule has 2 amide bonds. The molecule has 0 spiro atoms.